The molecule has 68 valence electrons. The predicted octanol–water partition coefficient (Wildman–Crippen LogP) is -3.13. The fourth-order valence-corrected chi connectivity index (χ4v) is 1.43. The van der Waals surface area contributed by atoms with Gasteiger partial charge < -0.3 is 5.11 Å². The Bertz CT molecular complexity index is 420. The van der Waals surface area contributed by atoms with Crippen molar-refractivity contribution in [2.75, 3.05) is 0 Å². The maximum Gasteiger partial charge on any atom is 1.00 e. The van der Waals surface area contributed by atoms with E-state index in [0.717, 1.165) is 5.69 Å². The van der Waals surface area contributed by atoms with Crippen molar-refractivity contribution in [3.8, 4) is 0 Å². The number of hydrogen-bond acceptors (Lipinski definition) is 3. The van der Waals surface area contributed by atoms with Gasteiger partial charge in [-0.1, -0.05) is 0 Å². The van der Waals surface area contributed by atoms with E-state index in [9.17, 15) is 9.90 Å². The molecule has 0 aromatic carbocycles. The first-order valence-electron chi connectivity index (χ1n) is 4.06. The molecule has 2 rings (SSSR count). The van der Waals surface area contributed by atoms with Gasteiger partial charge in [0.15, 0.2) is 5.78 Å². The maximum absolute atomic E-state index is 11.5. The van der Waals surface area contributed by atoms with Gasteiger partial charge in [-0.25, -0.2) is 0 Å². The Morgan fingerprint density at radius 3 is 2.79 bits per heavy atom. The van der Waals surface area contributed by atoms with Gasteiger partial charge in [0, 0.05) is 5.57 Å². The van der Waals surface area contributed by atoms with Crippen LogP contribution in [0.25, 0.3) is 5.88 Å². The van der Waals surface area contributed by atoms with Crippen molar-refractivity contribution in [2.24, 2.45) is 0 Å². The minimum Gasteiger partial charge on any atom is -0.858 e. The Morgan fingerprint density at radius 2 is 2.14 bits per heavy atom. The van der Waals surface area contributed by atoms with Gasteiger partial charge in [-0.05, 0) is 25.8 Å². The van der Waals surface area contributed by atoms with Crippen molar-refractivity contribution in [2.45, 2.75) is 20.3 Å². The van der Waals surface area contributed by atoms with Gasteiger partial charge in [-0.2, -0.15) is 5.10 Å². The standard InChI is InChI=1S/C9H10N2O2.Na/c1-5-3-7-4-8(12)6(2)9(13)11(7)10-5;/h3,13H,4H2,1-2H3;/q;+1/p-1. The van der Waals surface area contributed by atoms with Crippen LogP contribution in [-0.4, -0.2) is 15.6 Å². The van der Waals surface area contributed by atoms with Gasteiger partial charge in [0.05, 0.1) is 17.8 Å². The summed E-state index contributed by atoms with van der Waals surface area (Å²) < 4.78 is 1.31. The molecular weight excluding hydrogens is 191 g/mol. The van der Waals surface area contributed by atoms with E-state index >= 15 is 0 Å². The Labute approximate surface area is 104 Å². The molecule has 4 nitrogen and oxygen atoms in total. The number of ketones is 1. The first-order valence-corrected chi connectivity index (χ1v) is 4.06. The second kappa shape index (κ2) is 3.88. The van der Waals surface area contributed by atoms with E-state index in [2.05, 4.69) is 5.10 Å². The van der Waals surface area contributed by atoms with Crippen molar-refractivity contribution >= 4 is 11.7 Å². The third-order valence-electron chi connectivity index (χ3n) is 2.18. The molecule has 0 amide bonds. The van der Waals surface area contributed by atoms with Crippen LogP contribution in [-0.2, 0) is 11.2 Å². The molecule has 0 saturated carbocycles. The number of carbonyl (C=O) groups excluding carboxylic acids is 1. The summed E-state index contributed by atoms with van der Waals surface area (Å²) in [5.74, 6) is -0.392. The smallest absolute Gasteiger partial charge is 0.858 e. The molecule has 1 aromatic heterocycles. The third kappa shape index (κ3) is 1.65. The van der Waals surface area contributed by atoms with Gasteiger partial charge >= 0.3 is 29.6 Å². The van der Waals surface area contributed by atoms with Crippen LogP contribution in [0.3, 0.4) is 0 Å². The van der Waals surface area contributed by atoms with Crippen LogP contribution in [0.2, 0.25) is 0 Å². The van der Waals surface area contributed by atoms with Crippen LogP contribution < -0.4 is 34.7 Å². The van der Waals surface area contributed by atoms with Crippen LogP contribution >= 0.6 is 0 Å². The van der Waals surface area contributed by atoms with Gasteiger partial charge in [0.1, 0.15) is 0 Å². The van der Waals surface area contributed by atoms with Crippen LogP contribution in [0.4, 0.5) is 0 Å². The molecular formula is C9H9N2NaO2. The second-order valence-corrected chi connectivity index (χ2v) is 3.22. The van der Waals surface area contributed by atoms with E-state index in [1.165, 1.54) is 4.68 Å². The van der Waals surface area contributed by atoms with Gasteiger partial charge in [0.2, 0.25) is 0 Å². The zero-order valence-corrected chi connectivity index (χ0v) is 10.5. The van der Waals surface area contributed by atoms with Crippen molar-refractivity contribution in [3.05, 3.63) is 23.0 Å². The molecule has 0 bridgehead atoms. The molecule has 1 aliphatic rings. The largest absolute Gasteiger partial charge is 1.00 e. The third-order valence-corrected chi connectivity index (χ3v) is 2.18. The quantitative estimate of drug-likeness (QED) is 0.416. The molecule has 0 unspecified atom stereocenters. The average molecular weight is 200 g/mol. The van der Waals surface area contributed by atoms with Crippen LogP contribution in [0, 0.1) is 6.92 Å². The summed E-state index contributed by atoms with van der Waals surface area (Å²) in [4.78, 5) is 11.3. The summed E-state index contributed by atoms with van der Waals surface area (Å²) in [6.45, 7) is 3.35. The number of hydrogen-bond donors (Lipinski definition) is 0. The molecule has 0 fully saturated rings. The van der Waals surface area contributed by atoms with E-state index in [1.807, 2.05) is 0 Å². The van der Waals surface area contributed by atoms with Crippen molar-refractivity contribution < 1.29 is 39.5 Å². The monoisotopic (exact) mass is 200 g/mol. The molecule has 1 aliphatic heterocycles. The fraction of sp³-hybridized carbons (Fsp3) is 0.333. The maximum atomic E-state index is 11.5. The summed E-state index contributed by atoms with van der Waals surface area (Å²) in [7, 11) is 0. The minimum absolute atomic E-state index is 0. The Hall–Kier alpha value is -0.580. The average Bonchev–Trinajstić information content (AvgIpc) is 2.42. The van der Waals surface area contributed by atoms with Crippen molar-refractivity contribution in [1.82, 2.24) is 9.78 Å². The molecule has 14 heavy (non-hydrogen) atoms. The van der Waals surface area contributed by atoms with Crippen LogP contribution in [0.1, 0.15) is 18.3 Å². The molecule has 0 radical (unpaired) electrons. The number of aromatic nitrogens is 2. The zero-order chi connectivity index (χ0) is 9.59. The van der Waals surface area contributed by atoms with E-state index < -0.39 is 0 Å². The van der Waals surface area contributed by atoms with Crippen molar-refractivity contribution in [3.63, 3.8) is 0 Å². The summed E-state index contributed by atoms with van der Waals surface area (Å²) in [5, 5.41) is 15.5. The van der Waals surface area contributed by atoms with Gasteiger partial charge in [-0.3, -0.25) is 9.48 Å². The number of carbonyl (C=O) groups is 1. The summed E-state index contributed by atoms with van der Waals surface area (Å²) >= 11 is 0. The number of aryl methyl sites for hydroxylation is 1. The summed E-state index contributed by atoms with van der Waals surface area (Å²) in [6, 6.07) is 1.77. The fourth-order valence-electron chi connectivity index (χ4n) is 1.43. The number of rotatable bonds is 0. The number of nitrogens with zero attached hydrogens (tertiary/aromatic N) is 2. The number of fused-ring (bicyclic) bond motifs is 1. The number of Topliss-reactive ketones (excluding diaryl/α,β-unsaturated/α-hetero) is 1. The molecule has 0 N–H and O–H groups in total. The van der Waals surface area contributed by atoms with Gasteiger partial charge in [0.25, 0.3) is 0 Å². The van der Waals surface area contributed by atoms with E-state index in [4.69, 9.17) is 0 Å². The number of allylic oxidation sites excluding steroid dienone is 1. The molecule has 2 heterocycles. The van der Waals surface area contributed by atoms with E-state index in [-0.39, 0.29) is 46.8 Å². The van der Waals surface area contributed by atoms with E-state index in [0.29, 0.717) is 12.1 Å². The van der Waals surface area contributed by atoms with Crippen molar-refractivity contribution in [1.29, 1.82) is 0 Å². The SMILES string of the molecule is CC1=C([O-])n2nc(C)cc2CC1=O.[Na+]. The molecule has 1 aromatic rings. The Balaban J connectivity index is 0.000000980. The first kappa shape index (κ1) is 11.5. The summed E-state index contributed by atoms with van der Waals surface area (Å²) in [6.07, 6.45) is 0.290. The minimum atomic E-state index is -0.292. The molecule has 0 saturated heterocycles. The van der Waals surface area contributed by atoms with Crippen LogP contribution in [0.15, 0.2) is 11.6 Å². The molecule has 0 atom stereocenters. The van der Waals surface area contributed by atoms with E-state index in [1.54, 1.807) is 19.9 Å². The topological polar surface area (TPSA) is 57.9 Å². The first-order chi connectivity index (χ1) is 6.09. The molecule has 0 aliphatic carbocycles. The second-order valence-electron chi connectivity index (χ2n) is 3.22. The van der Waals surface area contributed by atoms with Crippen LogP contribution in [0.5, 0.6) is 0 Å². The molecule has 0 spiro atoms. The van der Waals surface area contributed by atoms with Gasteiger partial charge in [-0.15, -0.1) is 0 Å². The normalized spacial score (nSPS) is 15.1. The Morgan fingerprint density at radius 1 is 1.50 bits per heavy atom. The Kier molecular flexibility index (Phi) is 3.19. The zero-order valence-electron chi connectivity index (χ0n) is 8.50. The predicted molar refractivity (Wildman–Crippen MR) is 44.6 cm³/mol. The summed E-state index contributed by atoms with van der Waals surface area (Å²) in [5.41, 5.74) is 1.74. The molecule has 5 heteroatoms.